The number of aromatic nitrogens is 3. The van der Waals surface area contributed by atoms with Gasteiger partial charge in [0.05, 0.1) is 5.25 Å². The predicted molar refractivity (Wildman–Crippen MR) is 108 cm³/mol. The van der Waals surface area contributed by atoms with Gasteiger partial charge in [0.15, 0.2) is 22.5 Å². The second-order valence-electron chi connectivity index (χ2n) is 6.19. The lowest BCUT2D eigenvalue weighted by Gasteiger charge is -2.12. The van der Waals surface area contributed by atoms with Gasteiger partial charge in [-0.15, -0.1) is 10.2 Å². The molecule has 1 aliphatic rings. The molecule has 1 atom stereocenters. The quantitative estimate of drug-likeness (QED) is 0.634. The highest BCUT2D eigenvalue weighted by atomic mass is 35.5. The van der Waals surface area contributed by atoms with Crippen molar-refractivity contribution in [3.8, 4) is 22.9 Å². The molecular weight excluding hydrogens is 400 g/mol. The van der Waals surface area contributed by atoms with E-state index in [2.05, 4.69) is 15.5 Å². The molecule has 2 heterocycles. The second kappa shape index (κ2) is 7.73. The smallest absolute Gasteiger partial charge is 0.237 e. The Bertz CT molecular complexity index is 1020. The maximum atomic E-state index is 12.6. The van der Waals surface area contributed by atoms with Crippen LogP contribution < -0.4 is 14.8 Å². The average molecular weight is 417 g/mol. The summed E-state index contributed by atoms with van der Waals surface area (Å²) in [6, 6.07) is 12.7. The number of hydrogen-bond acceptors (Lipinski definition) is 6. The maximum Gasteiger partial charge on any atom is 0.237 e. The number of halogens is 1. The highest BCUT2D eigenvalue weighted by Gasteiger charge is 2.21. The van der Waals surface area contributed by atoms with Crippen LogP contribution in [0.5, 0.6) is 11.5 Å². The van der Waals surface area contributed by atoms with Gasteiger partial charge in [0.2, 0.25) is 12.7 Å². The Kier molecular flexibility index (Phi) is 5.15. The molecule has 0 saturated heterocycles. The number of thioether (sulfide) groups is 1. The molecule has 0 spiro atoms. The van der Waals surface area contributed by atoms with Crippen LogP contribution >= 0.6 is 23.4 Å². The van der Waals surface area contributed by atoms with Crippen LogP contribution in [0.1, 0.15) is 6.92 Å². The van der Waals surface area contributed by atoms with Crippen LogP contribution in [0.25, 0.3) is 11.4 Å². The first kappa shape index (κ1) is 18.6. The molecule has 1 N–H and O–H groups in total. The number of hydrogen-bond donors (Lipinski definition) is 1. The molecule has 4 rings (SSSR count). The molecule has 0 saturated carbocycles. The van der Waals surface area contributed by atoms with Crippen molar-refractivity contribution in [3.05, 3.63) is 47.5 Å². The lowest BCUT2D eigenvalue weighted by molar-refractivity contribution is -0.115. The fourth-order valence-corrected chi connectivity index (χ4v) is 3.64. The maximum absolute atomic E-state index is 12.6. The topological polar surface area (TPSA) is 78.3 Å². The molecule has 144 valence electrons. The molecule has 1 amide bonds. The first-order valence-electron chi connectivity index (χ1n) is 8.54. The number of benzene rings is 2. The molecule has 3 aromatic rings. The number of nitrogens with zero attached hydrogens (tertiary/aromatic N) is 3. The molecular formula is C19H17ClN4O3S. The summed E-state index contributed by atoms with van der Waals surface area (Å²) in [5.74, 6) is 1.87. The van der Waals surface area contributed by atoms with Gasteiger partial charge in [-0.3, -0.25) is 4.79 Å². The minimum absolute atomic E-state index is 0.139. The largest absolute Gasteiger partial charge is 0.454 e. The summed E-state index contributed by atoms with van der Waals surface area (Å²) in [5, 5.41) is 12.3. The van der Waals surface area contributed by atoms with Crippen LogP contribution in [-0.2, 0) is 11.8 Å². The monoisotopic (exact) mass is 416 g/mol. The van der Waals surface area contributed by atoms with Crippen molar-refractivity contribution in [2.24, 2.45) is 7.05 Å². The minimum Gasteiger partial charge on any atom is -0.454 e. The summed E-state index contributed by atoms with van der Waals surface area (Å²) in [4.78, 5) is 12.6. The molecule has 1 aromatic heterocycles. The molecule has 9 heteroatoms. The average Bonchev–Trinajstić information content (AvgIpc) is 3.29. The van der Waals surface area contributed by atoms with Gasteiger partial charge in [0.1, 0.15) is 0 Å². The van der Waals surface area contributed by atoms with E-state index in [1.54, 1.807) is 30.3 Å². The fourth-order valence-electron chi connectivity index (χ4n) is 2.70. The van der Waals surface area contributed by atoms with Gasteiger partial charge in [-0.2, -0.15) is 0 Å². The number of anilines is 1. The third-order valence-corrected chi connectivity index (χ3v) is 5.61. The third-order valence-electron chi connectivity index (χ3n) is 4.23. The van der Waals surface area contributed by atoms with Gasteiger partial charge in [-0.1, -0.05) is 23.4 Å². The molecule has 1 aliphatic heterocycles. The van der Waals surface area contributed by atoms with Crippen molar-refractivity contribution < 1.29 is 14.3 Å². The van der Waals surface area contributed by atoms with Gasteiger partial charge >= 0.3 is 0 Å². The van der Waals surface area contributed by atoms with Crippen molar-refractivity contribution in [1.82, 2.24) is 14.8 Å². The van der Waals surface area contributed by atoms with Crippen molar-refractivity contribution in [2.45, 2.75) is 17.3 Å². The van der Waals surface area contributed by atoms with E-state index in [4.69, 9.17) is 21.1 Å². The first-order chi connectivity index (χ1) is 13.5. The van der Waals surface area contributed by atoms with Crippen LogP contribution in [0, 0.1) is 0 Å². The van der Waals surface area contributed by atoms with E-state index in [-0.39, 0.29) is 18.0 Å². The standard InChI is InChI=1S/C19H17ClN4O3S/c1-11(18(25)21-14-7-8-15-16(9-14)27-10-26-15)28-19-23-22-17(24(19)2)12-3-5-13(20)6-4-12/h3-9,11H,10H2,1-2H3,(H,21,25)/t11-/m0/s1. The van der Waals surface area contributed by atoms with Crippen molar-refractivity contribution >= 4 is 35.0 Å². The van der Waals surface area contributed by atoms with Crippen molar-refractivity contribution in [3.63, 3.8) is 0 Å². The zero-order chi connectivity index (χ0) is 19.7. The lowest BCUT2D eigenvalue weighted by atomic mass is 10.2. The number of carbonyl (C=O) groups excluding carboxylic acids is 1. The summed E-state index contributed by atoms with van der Waals surface area (Å²) < 4.78 is 12.5. The number of nitrogens with one attached hydrogen (secondary N) is 1. The normalized spacial score (nSPS) is 13.4. The molecule has 28 heavy (non-hydrogen) atoms. The van der Waals surface area contributed by atoms with Gasteiger partial charge in [0, 0.05) is 29.4 Å². The number of carbonyl (C=O) groups is 1. The van der Waals surface area contributed by atoms with E-state index >= 15 is 0 Å². The Morgan fingerprint density at radius 3 is 2.71 bits per heavy atom. The summed E-state index contributed by atoms with van der Waals surface area (Å²) >= 11 is 7.28. The Morgan fingerprint density at radius 2 is 1.93 bits per heavy atom. The summed E-state index contributed by atoms with van der Waals surface area (Å²) in [6.45, 7) is 2.02. The summed E-state index contributed by atoms with van der Waals surface area (Å²) in [6.07, 6.45) is 0. The van der Waals surface area contributed by atoms with Gasteiger partial charge < -0.3 is 19.4 Å². The van der Waals surface area contributed by atoms with Crippen molar-refractivity contribution in [2.75, 3.05) is 12.1 Å². The molecule has 0 fully saturated rings. The summed E-state index contributed by atoms with van der Waals surface area (Å²) in [5.41, 5.74) is 1.56. The zero-order valence-corrected chi connectivity index (χ0v) is 16.8. The second-order valence-corrected chi connectivity index (χ2v) is 7.93. The lowest BCUT2D eigenvalue weighted by Crippen LogP contribution is -2.22. The zero-order valence-electron chi connectivity index (χ0n) is 15.2. The molecule has 2 aromatic carbocycles. The van der Waals surface area contributed by atoms with Crippen LogP contribution in [0.3, 0.4) is 0 Å². The fraction of sp³-hybridized carbons (Fsp3) is 0.211. The van der Waals surface area contributed by atoms with Gasteiger partial charge in [0.25, 0.3) is 0 Å². The SMILES string of the molecule is C[C@H](Sc1nnc(-c2ccc(Cl)cc2)n1C)C(=O)Nc1ccc2c(c1)OCO2. The van der Waals surface area contributed by atoms with E-state index in [9.17, 15) is 4.79 Å². The molecule has 7 nitrogen and oxygen atoms in total. The van der Waals surface area contributed by atoms with E-state index in [0.717, 1.165) is 5.56 Å². The van der Waals surface area contributed by atoms with Crippen LogP contribution in [0.2, 0.25) is 5.02 Å². The Labute approximate surface area is 171 Å². The summed E-state index contributed by atoms with van der Waals surface area (Å²) in [7, 11) is 1.87. The highest BCUT2D eigenvalue weighted by molar-refractivity contribution is 8.00. The number of rotatable bonds is 5. The number of amides is 1. The van der Waals surface area contributed by atoms with Crippen molar-refractivity contribution in [1.29, 1.82) is 0 Å². The van der Waals surface area contributed by atoms with Gasteiger partial charge in [-0.25, -0.2) is 0 Å². The highest BCUT2D eigenvalue weighted by Crippen LogP contribution is 2.34. The Hall–Kier alpha value is -2.71. The molecule has 0 bridgehead atoms. The number of ether oxygens (including phenoxy) is 2. The van der Waals surface area contributed by atoms with E-state index < -0.39 is 0 Å². The first-order valence-corrected chi connectivity index (χ1v) is 9.79. The number of fused-ring (bicyclic) bond motifs is 1. The predicted octanol–water partition coefficient (Wildman–Crippen LogP) is 3.98. The Balaban J connectivity index is 1.44. The van der Waals surface area contributed by atoms with E-state index in [0.29, 0.717) is 33.2 Å². The van der Waals surface area contributed by atoms with E-state index in [1.165, 1.54) is 11.8 Å². The van der Waals surface area contributed by atoms with Crippen LogP contribution in [0.4, 0.5) is 5.69 Å². The molecule has 0 unspecified atom stereocenters. The molecule has 0 radical (unpaired) electrons. The van der Waals surface area contributed by atoms with Crippen LogP contribution in [0.15, 0.2) is 47.6 Å². The minimum atomic E-state index is -0.369. The van der Waals surface area contributed by atoms with Crippen LogP contribution in [-0.4, -0.2) is 32.7 Å². The molecule has 0 aliphatic carbocycles. The van der Waals surface area contributed by atoms with Gasteiger partial charge in [-0.05, 0) is 43.3 Å². The van der Waals surface area contributed by atoms with E-state index in [1.807, 2.05) is 30.7 Å². The third kappa shape index (κ3) is 3.79. The Morgan fingerprint density at radius 1 is 1.18 bits per heavy atom.